The number of esters is 1. The zero-order valence-electron chi connectivity index (χ0n) is 20.0. The minimum Gasteiger partial charge on any atom is -0.465 e. The molecule has 0 spiro atoms. The van der Waals surface area contributed by atoms with Gasteiger partial charge in [-0.1, -0.05) is 23.8 Å². The number of nitrogens with zero attached hydrogens (tertiary/aromatic N) is 3. The van der Waals surface area contributed by atoms with E-state index in [-0.39, 0.29) is 18.2 Å². The van der Waals surface area contributed by atoms with Gasteiger partial charge in [0.05, 0.1) is 41.5 Å². The summed E-state index contributed by atoms with van der Waals surface area (Å²) in [6.07, 6.45) is 5.13. The number of Topliss-reactive ketones (excluding diaryl/α,β-unsaturated/α-hetero) is 1. The van der Waals surface area contributed by atoms with E-state index in [9.17, 15) is 14.7 Å². The molecule has 0 radical (unpaired) electrons. The van der Waals surface area contributed by atoms with Crippen molar-refractivity contribution >= 4 is 11.8 Å². The number of benzene rings is 1. The summed E-state index contributed by atoms with van der Waals surface area (Å²) >= 11 is 0. The van der Waals surface area contributed by atoms with Crippen molar-refractivity contribution in [3.05, 3.63) is 76.9 Å². The van der Waals surface area contributed by atoms with E-state index in [4.69, 9.17) is 4.74 Å². The standard InChI is InChI=1S/C27H31N3O4/c1-4-34-26(33)27(13-11-22(31)12-14-27)25-10-7-20(16-28-25)15-24(32)23-17-29-30(19(23)3)21-8-5-18(2)6-9-21/h5-10,16-17,22,31H,4,11-15H2,1-3H3. The molecule has 4 rings (SSSR count). The number of hydrogen-bond donors (Lipinski definition) is 1. The smallest absolute Gasteiger partial charge is 0.318 e. The van der Waals surface area contributed by atoms with Crippen molar-refractivity contribution in [3.63, 3.8) is 0 Å². The van der Waals surface area contributed by atoms with Crippen LogP contribution in [0.2, 0.25) is 0 Å². The van der Waals surface area contributed by atoms with Gasteiger partial charge in [0.15, 0.2) is 5.78 Å². The second-order valence-electron chi connectivity index (χ2n) is 9.08. The molecule has 0 bridgehead atoms. The molecule has 0 atom stereocenters. The summed E-state index contributed by atoms with van der Waals surface area (Å²) in [6, 6.07) is 11.7. The normalized spacial score (nSPS) is 20.2. The van der Waals surface area contributed by atoms with Crippen LogP contribution in [0.25, 0.3) is 5.69 Å². The van der Waals surface area contributed by atoms with Gasteiger partial charge < -0.3 is 9.84 Å². The van der Waals surface area contributed by atoms with E-state index in [0.29, 0.717) is 43.5 Å². The molecule has 0 amide bonds. The fourth-order valence-corrected chi connectivity index (χ4v) is 4.65. The van der Waals surface area contributed by atoms with Crippen LogP contribution in [0.4, 0.5) is 0 Å². The number of aliphatic hydroxyl groups excluding tert-OH is 1. The lowest BCUT2D eigenvalue weighted by atomic mass is 9.70. The summed E-state index contributed by atoms with van der Waals surface area (Å²) in [5.74, 6) is -0.330. The van der Waals surface area contributed by atoms with Gasteiger partial charge in [0.25, 0.3) is 0 Å². The molecule has 178 valence electrons. The number of aryl methyl sites for hydroxylation is 1. The Bertz CT molecular complexity index is 1160. The first-order chi connectivity index (χ1) is 16.3. The molecule has 2 heterocycles. The minimum absolute atomic E-state index is 0.0358. The molecule has 1 aliphatic rings. The van der Waals surface area contributed by atoms with Crippen molar-refractivity contribution in [2.45, 2.75) is 64.4 Å². The highest BCUT2D eigenvalue weighted by molar-refractivity contribution is 5.98. The lowest BCUT2D eigenvalue weighted by Crippen LogP contribution is -2.42. The molecular formula is C27H31N3O4. The highest BCUT2D eigenvalue weighted by Crippen LogP contribution is 2.40. The average molecular weight is 462 g/mol. The van der Waals surface area contributed by atoms with Crippen LogP contribution < -0.4 is 0 Å². The van der Waals surface area contributed by atoms with Crippen molar-refractivity contribution < 1.29 is 19.4 Å². The monoisotopic (exact) mass is 461 g/mol. The van der Waals surface area contributed by atoms with Crippen LogP contribution in [0.5, 0.6) is 0 Å². The van der Waals surface area contributed by atoms with E-state index in [2.05, 4.69) is 10.1 Å². The zero-order chi connectivity index (χ0) is 24.3. The number of rotatable bonds is 7. The molecule has 3 aromatic rings. The first-order valence-corrected chi connectivity index (χ1v) is 11.8. The number of pyridine rings is 1. The molecule has 0 unspecified atom stereocenters. The number of carbonyl (C=O) groups excluding carboxylic acids is 2. The van der Waals surface area contributed by atoms with Gasteiger partial charge in [0.1, 0.15) is 5.41 Å². The van der Waals surface area contributed by atoms with Crippen molar-refractivity contribution in [2.75, 3.05) is 6.61 Å². The van der Waals surface area contributed by atoms with Crippen molar-refractivity contribution in [1.29, 1.82) is 0 Å². The van der Waals surface area contributed by atoms with Crippen LogP contribution in [0.1, 0.15) is 65.5 Å². The first-order valence-electron chi connectivity index (χ1n) is 11.8. The van der Waals surface area contributed by atoms with Gasteiger partial charge in [0.2, 0.25) is 0 Å². The maximum atomic E-state index is 13.0. The molecular weight excluding hydrogens is 430 g/mol. The predicted molar refractivity (Wildman–Crippen MR) is 128 cm³/mol. The van der Waals surface area contributed by atoms with Crippen LogP contribution in [0, 0.1) is 13.8 Å². The summed E-state index contributed by atoms with van der Waals surface area (Å²) in [6.45, 7) is 6.00. The largest absolute Gasteiger partial charge is 0.465 e. The SMILES string of the molecule is CCOC(=O)C1(c2ccc(CC(=O)c3cnn(-c4ccc(C)cc4)c3C)cn2)CCC(O)CC1. The first kappa shape index (κ1) is 23.8. The molecule has 2 aromatic heterocycles. The van der Waals surface area contributed by atoms with Gasteiger partial charge in [-0.3, -0.25) is 14.6 Å². The summed E-state index contributed by atoms with van der Waals surface area (Å²) < 4.78 is 7.13. The Morgan fingerprint density at radius 1 is 1.09 bits per heavy atom. The van der Waals surface area contributed by atoms with Crippen molar-refractivity contribution in [2.24, 2.45) is 0 Å². The van der Waals surface area contributed by atoms with Gasteiger partial charge in [-0.2, -0.15) is 5.10 Å². The van der Waals surface area contributed by atoms with E-state index < -0.39 is 11.5 Å². The third kappa shape index (κ3) is 4.66. The highest BCUT2D eigenvalue weighted by atomic mass is 16.5. The molecule has 1 saturated carbocycles. The van der Waals surface area contributed by atoms with Gasteiger partial charge in [-0.25, -0.2) is 4.68 Å². The van der Waals surface area contributed by atoms with Gasteiger partial charge in [-0.15, -0.1) is 0 Å². The number of ether oxygens (including phenoxy) is 1. The maximum Gasteiger partial charge on any atom is 0.318 e. The average Bonchev–Trinajstić information content (AvgIpc) is 3.22. The number of aromatic nitrogens is 3. The Morgan fingerprint density at radius 2 is 1.79 bits per heavy atom. The molecule has 0 aliphatic heterocycles. The summed E-state index contributed by atoms with van der Waals surface area (Å²) in [5.41, 5.74) is 4.01. The summed E-state index contributed by atoms with van der Waals surface area (Å²) in [4.78, 5) is 30.5. The Balaban J connectivity index is 1.52. The predicted octanol–water partition coefficient (Wildman–Crippen LogP) is 4.05. The summed E-state index contributed by atoms with van der Waals surface area (Å²) in [5, 5.41) is 14.4. The van der Waals surface area contributed by atoms with E-state index in [1.807, 2.05) is 50.2 Å². The Kier molecular flexibility index (Phi) is 6.93. The summed E-state index contributed by atoms with van der Waals surface area (Å²) in [7, 11) is 0. The molecule has 0 saturated heterocycles. The number of hydrogen-bond acceptors (Lipinski definition) is 6. The highest BCUT2D eigenvalue weighted by Gasteiger charge is 2.45. The van der Waals surface area contributed by atoms with E-state index in [0.717, 1.165) is 22.5 Å². The van der Waals surface area contributed by atoms with E-state index in [1.165, 1.54) is 0 Å². The van der Waals surface area contributed by atoms with E-state index in [1.54, 1.807) is 24.0 Å². The fourth-order valence-electron chi connectivity index (χ4n) is 4.65. The van der Waals surface area contributed by atoms with Gasteiger partial charge >= 0.3 is 5.97 Å². The molecule has 7 heteroatoms. The quantitative estimate of drug-likeness (QED) is 0.421. The molecule has 1 fully saturated rings. The van der Waals surface area contributed by atoms with Gasteiger partial charge in [0, 0.05) is 12.6 Å². The number of aliphatic hydroxyl groups is 1. The Morgan fingerprint density at radius 3 is 2.41 bits per heavy atom. The second-order valence-corrected chi connectivity index (χ2v) is 9.08. The Hall–Kier alpha value is -3.32. The maximum absolute atomic E-state index is 13.0. The fraction of sp³-hybridized carbons (Fsp3) is 0.407. The van der Waals surface area contributed by atoms with Crippen molar-refractivity contribution in [1.82, 2.24) is 14.8 Å². The van der Waals surface area contributed by atoms with Crippen LogP contribution in [-0.2, 0) is 21.4 Å². The van der Waals surface area contributed by atoms with Crippen LogP contribution >= 0.6 is 0 Å². The van der Waals surface area contributed by atoms with Crippen LogP contribution in [0.3, 0.4) is 0 Å². The number of carbonyl (C=O) groups is 2. The lowest BCUT2D eigenvalue weighted by Gasteiger charge is -2.36. The van der Waals surface area contributed by atoms with Gasteiger partial charge in [-0.05, 0) is 70.2 Å². The minimum atomic E-state index is -0.844. The zero-order valence-corrected chi connectivity index (χ0v) is 20.0. The van der Waals surface area contributed by atoms with E-state index >= 15 is 0 Å². The molecule has 34 heavy (non-hydrogen) atoms. The third-order valence-electron chi connectivity index (χ3n) is 6.74. The molecule has 1 aliphatic carbocycles. The Labute approximate surface area is 199 Å². The second kappa shape index (κ2) is 9.89. The molecule has 1 aromatic carbocycles. The van der Waals surface area contributed by atoms with Crippen LogP contribution in [-0.4, -0.2) is 44.3 Å². The van der Waals surface area contributed by atoms with Crippen LogP contribution in [0.15, 0.2) is 48.8 Å². The molecule has 7 nitrogen and oxygen atoms in total. The van der Waals surface area contributed by atoms with Crippen molar-refractivity contribution in [3.8, 4) is 5.69 Å². The number of ketones is 1. The molecule has 1 N–H and O–H groups in total. The topological polar surface area (TPSA) is 94.3 Å². The lowest BCUT2D eigenvalue weighted by molar-refractivity contribution is -0.152. The third-order valence-corrected chi connectivity index (χ3v) is 6.74.